The van der Waals surface area contributed by atoms with Gasteiger partial charge in [-0.15, -0.1) is 0 Å². The minimum Gasteiger partial charge on any atom is -0.454 e. The predicted octanol–water partition coefficient (Wildman–Crippen LogP) is 1.58. The lowest BCUT2D eigenvalue weighted by atomic mass is 10.0. The van der Waals surface area contributed by atoms with E-state index in [0.717, 1.165) is 0 Å². The van der Waals surface area contributed by atoms with E-state index in [-0.39, 0.29) is 12.6 Å². The molecule has 0 aromatic heterocycles. The fraction of sp³-hybridized carbons (Fsp3) is 0.333. The van der Waals surface area contributed by atoms with E-state index in [1.807, 2.05) is 0 Å². The van der Waals surface area contributed by atoms with E-state index in [1.54, 1.807) is 18.2 Å². The van der Waals surface area contributed by atoms with Gasteiger partial charge < -0.3 is 18.9 Å². The zero-order chi connectivity index (χ0) is 12.7. The summed E-state index contributed by atoms with van der Waals surface area (Å²) >= 11 is 0. The molecule has 0 bridgehead atoms. The number of hydrogen-bond donors (Lipinski definition) is 0. The molecule has 2 atom stereocenters. The van der Waals surface area contributed by atoms with Crippen LogP contribution in [0.2, 0.25) is 0 Å². The Labute approximate surface area is 102 Å². The van der Waals surface area contributed by atoms with Gasteiger partial charge in [-0.3, -0.25) is 4.79 Å². The van der Waals surface area contributed by atoms with Gasteiger partial charge in [0.2, 0.25) is 12.9 Å². The van der Waals surface area contributed by atoms with Crippen LogP contribution in [0.15, 0.2) is 18.2 Å². The van der Waals surface area contributed by atoms with E-state index in [0.29, 0.717) is 17.1 Å². The second-order valence-electron chi connectivity index (χ2n) is 4.05. The van der Waals surface area contributed by atoms with Crippen molar-refractivity contribution < 1.29 is 28.5 Å². The van der Waals surface area contributed by atoms with Crippen LogP contribution in [0, 0.1) is 0 Å². The molecule has 2 aliphatic heterocycles. The highest BCUT2D eigenvalue weighted by atomic mass is 16.8. The number of benzene rings is 1. The van der Waals surface area contributed by atoms with E-state index < -0.39 is 18.4 Å². The van der Waals surface area contributed by atoms with Gasteiger partial charge in [-0.2, -0.15) is 0 Å². The molecule has 6 nitrogen and oxygen atoms in total. The molecule has 94 valence electrons. The highest BCUT2D eigenvalue weighted by molar-refractivity contribution is 5.85. The van der Waals surface area contributed by atoms with Gasteiger partial charge in [-0.25, -0.2) is 4.79 Å². The largest absolute Gasteiger partial charge is 0.509 e. The van der Waals surface area contributed by atoms with Crippen molar-refractivity contribution in [2.45, 2.75) is 19.1 Å². The molecule has 0 amide bonds. The third kappa shape index (κ3) is 1.66. The molecule has 0 N–H and O–H groups in total. The SMILES string of the molecule is CC(=O)[C@@H]1OC(=O)O[C@@H]1c1ccc2c(c1)OCO2. The lowest BCUT2D eigenvalue weighted by Gasteiger charge is -2.13. The highest BCUT2D eigenvalue weighted by Crippen LogP contribution is 2.38. The fourth-order valence-corrected chi connectivity index (χ4v) is 1.99. The van der Waals surface area contributed by atoms with Gasteiger partial charge in [0.1, 0.15) is 0 Å². The quantitative estimate of drug-likeness (QED) is 0.742. The van der Waals surface area contributed by atoms with E-state index >= 15 is 0 Å². The normalized spacial score (nSPS) is 24.6. The number of cyclic esters (lactones) is 2. The van der Waals surface area contributed by atoms with E-state index in [2.05, 4.69) is 0 Å². The standard InChI is InChI=1S/C12H10O6/c1-6(13)10-11(18-12(14)17-10)7-2-3-8-9(4-7)16-5-15-8/h2-4,10-11H,5H2,1H3/t10-,11+/m0/s1. The summed E-state index contributed by atoms with van der Waals surface area (Å²) in [6.07, 6.45) is -2.47. The monoisotopic (exact) mass is 250 g/mol. The molecule has 1 saturated heterocycles. The number of carbonyl (C=O) groups excluding carboxylic acids is 2. The number of Topliss-reactive ketones (excluding diaryl/α,β-unsaturated/α-hetero) is 1. The average molecular weight is 250 g/mol. The molecular weight excluding hydrogens is 240 g/mol. The zero-order valence-electron chi connectivity index (χ0n) is 9.54. The summed E-state index contributed by atoms with van der Waals surface area (Å²) in [4.78, 5) is 22.5. The summed E-state index contributed by atoms with van der Waals surface area (Å²) in [7, 11) is 0. The molecule has 3 rings (SSSR count). The number of hydrogen-bond acceptors (Lipinski definition) is 6. The van der Waals surface area contributed by atoms with Crippen molar-refractivity contribution in [1.29, 1.82) is 0 Å². The van der Waals surface area contributed by atoms with Gasteiger partial charge in [-0.05, 0) is 19.1 Å². The van der Waals surface area contributed by atoms with Gasteiger partial charge in [0, 0.05) is 5.56 Å². The van der Waals surface area contributed by atoms with Crippen LogP contribution in [0.1, 0.15) is 18.6 Å². The second kappa shape index (κ2) is 3.90. The van der Waals surface area contributed by atoms with Crippen LogP contribution in [-0.4, -0.2) is 24.8 Å². The Hall–Kier alpha value is -2.24. The van der Waals surface area contributed by atoms with Crippen molar-refractivity contribution in [3.8, 4) is 11.5 Å². The summed E-state index contributed by atoms with van der Waals surface area (Å²) in [6, 6.07) is 5.11. The van der Waals surface area contributed by atoms with Crippen molar-refractivity contribution >= 4 is 11.9 Å². The van der Waals surface area contributed by atoms with Gasteiger partial charge in [0.05, 0.1) is 0 Å². The first kappa shape index (κ1) is 10.9. The van der Waals surface area contributed by atoms with Crippen molar-refractivity contribution in [3.05, 3.63) is 23.8 Å². The Kier molecular flexibility index (Phi) is 2.36. The van der Waals surface area contributed by atoms with Crippen molar-refractivity contribution in [1.82, 2.24) is 0 Å². The molecule has 2 heterocycles. The lowest BCUT2D eigenvalue weighted by Crippen LogP contribution is -2.23. The van der Waals surface area contributed by atoms with Crippen molar-refractivity contribution in [2.24, 2.45) is 0 Å². The first-order valence-electron chi connectivity index (χ1n) is 5.42. The minimum absolute atomic E-state index is 0.163. The Bertz CT molecular complexity index is 523. The average Bonchev–Trinajstić information content (AvgIpc) is 2.93. The van der Waals surface area contributed by atoms with Gasteiger partial charge in [-0.1, -0.05) is 6.07 Å². The second-order valence-corrected chi connectivity index (χ2v) is 4.05. The lowest BCUT2D eigenvalue weighted by molar-refractivity contribution is -0.125. The number of ether oxygens (including phenoxy) is 4. The Morgan fingerprint density at radius 1 is 1.22 bits per heavy atom. The smallest absolute Gasteiger partial charge is 0.454 e. The predicted molar refractivity (Wildman–Crippen MR) is 57.3 cm³/mol. The van der Waals surface area contributed by atoms with Crippen LogP contribution in [-0.2, 0) is 14.3 Å². The van der Waals surface area contributed by atoms with E-state index in [4.69, 9.17) is 18.9 Å². The van der Waals surface area contributed by atoms with Crippen LogP contribution >= 0.6 is 0 Å². The summed E-state index contributed by atoms with van der Waals surface area (Å²) < 4.78 is 20.2. The number of fused-ring (bicyclic) bond motifs is 1. The van der Waals surface area contributed by atoms with Crippen LogP contribution in [0.3, 0.4) is 0 Å². The van der Waals surface area contributed by atoms with Crippen molar-refractivity contribution in [2.75, 3.05) is 6.79 Å². The Morgan fingerprint density at radius 3 is 2.78 bits per heavy atom. The molecule has 0 spiro atoms. The zero-order valence-corrected chi connectivity index (χ0v) is 9.54. The molecule has 0 radical (unpaired) electrons. The minimum atomic E-state index is -0.905. The maximum absolute atomic E-state index is 11.4. The Balaban J connectivity index is 1.94. The van der Waals surface area contributed by atoms with Gasteiger partial charge in [0.15, 0.2) is 23.4 Å². The molecule has 0 aliphatic carbocycles. The van der Waals surface area contributed by atoms with E-state index in [1.165, 1.54) is 6.92 Å². The van der Waals surface area contributed by atoms with Crippen LogP contribution in [0.25, 0.3) is 0 Å². The van der Waals surface area contributed by atoms with Crippen molar-refractivity contribution in [3.63, 3.8) is 0 Å². The van der Waals surface area contributed by atoms with Gasteiger partial charge >= 0.3 is 6.16 Å². The molecule has 2 aliphatic rings. The molecule has 18 heavy (non-hydrogen) atoms. The maximum Gasteiger partial charge on any atom is 0.509 e. The number of rotatable bonds is 2. The molecular formula is C12H10O6. The van der Waals surface area contributed by atoms with E-state index in [9.17, 15) is 9.59 Å². The van der Waals surface area contributed by atoms with Crippen LogP contribution < -0.4 is 9.47 Å². The molecule has 1 fully saturated rings. The third-order valence-electron chi connectivity index (χ3n) is 2.85. The number of carbonyl (C=O) groups is 2. The van der Waals surface area contributed by atoms with Crippen LogP contribution in [0.5, 0.6) is 11.5 Å². The highest BCUT2D eigenvalue weighted by Gasteiger charge is 2.41. The first-order chi connectivity index (χ1) is 8.65. The summed E-state index contributed by atoms with van der Waals surface area (Å²) in [5, 5.41) is 0. The summed E-state index contributed by atoms with van der Waals surface area (Å²) in [6.45, 7) is 1.52. The topological polar surface area (TPSA) is 71.1 Å². The molecule has 1 aromatic carbocycles. The van der Waals surface area contributed by atoms with Crippen LogP contribution in [0.4, 0.5) is 4.79 Å². The fourth-order valence-electron chi connectivity index (χ4n) is 1.99. The molecule has 0 saturated carbocycles. The summed E-state index contributed by atoms with van der Waals surface area (Å²) in [5.74, 6) is 0.935. The third-order valence-corrected chi connectivity index (χ3v) is 2.85. The van der Waals surface area contributed by atoms with Gasteiger partial charge in [0.25, 0.3) is 0 Å². The number of ketones is 1. The Morgan fingerprint density at radius 2 is 2.00 bits per heavy atom. The molecule has 0 unspecified atom stereocenters. The maximum atomic E-state index is 11.4. The molecule has 6 heteroatoms. The first-order valence-corrected chi connectivity index (χ1v) is 5.42. The molecule has 1 aromatic rings. The summed E-state index contributed by atoms with van der Waals surface area (Å²) in [5.41, 5.74) is 0.644.